The molecule has 0 fully saturated rings. The highest BCUT2D eigenvalue weighted by molar-refractivity contribution is 5.57. The van der Waals surface area contributed by atoms with Gasteiger partial charge >= 0.3 is 5.63 Å². The van der Waals surface area contributed by atoms with Crippen LogP contribution in [0.3, 0.4) is 0 Å². The van der Waals surface area contributed by atoms with Gasteiger partial charge in [-0.2, -0.15) is 0 Å². The van der Waals surface area contributed by atoms with Crippen LogP contribution in [0.1, 0.15) is 23.1 Å². The number of fused-ring (bicyclic) bond motifs is 1. The average molecular weight is 322 g/mol. The summed E-state index contributed by atoms with van der Waals surface area (Å²) in [7, 11) is 0. The number of rotatable bonds is 4. The average Bonchev–Trinajstić information content (AvgIpc) is 2.58. The number of ether oxygens (including phenoxy) is 1. The van der Waals surface area contributed by atoms with Crippen molar-refractivity contribution in [1.29, 1.82) is 0 Å². The van der Waals surface area contributed by atoms with Crippen LogP contribution in [0.2, 0.25) is 0 Å². The van der Waals surface area contributed by atoms with Crippen molar-refractivity contribution in [1.82, 2.24) is 0 Å². The lowest BCUT2D eigenvalue weighted by Gasteiger charge is -2.17. The molecular weight excluding hydrogens is 304 g/mol. The van der Waals surface area contributed by atoms with E-state index >= 15 is 0 Å². The van der Waals surface area contributed by atoms with Crippen molar-refractivity contribution in [2.24, 2.45) is 0 Å². The van der Waals surface area contributed by atoms with Crippen molar-refractivity contribution in [3.8, 4) is 0 Å². The SMILES string of the molecule is C=C(O)/C=c1/oc(=O)c2c(c1=C)CCC(OCc1ccccc1)=C2. The van der Waals surface area contributed by atoms with Crippen LogP contribution >= 0.6 is 0 Å². The minimum atomic E-state index is -0.467. The molecule has 0 radical (unpaired) electrons. The van der Waals surface area contributed by atoms with Crippen LogP contribution in [0.15, 0.2) is 57.6 Å². The molecule has 4 heteroatoms. The number of benzene rings is 1. The summed E-state index contributed by atoms with van der Waals surface area (Å²) in [6, 6.07) is 9.85. The van der Waals surface area contributed by atoms with Gasteiger partial charge in [-0.25, -0.2) is 4.79 Å². The molecule has 1 aromatic carbocycles. The van der Waals surface area contributed by atoms with Crippen LogP contribution in [-0.4, -0.2) is 5.11 Å². The molecule has 0 aliphatic heterocycles. The molecule has 0 bridgehead atoms. The van der Waals surface area contributed by atoms with Crippen LogP contribution < -0.4 is 16.3 Å². The Labute approximate surface area is 139 Å². The van der Waals surface area contributed by atoms with Crippen molar-refractivity contribution in [3.05, 3.63) is 86.2 Å². The van der Waals surface area contributed by atoms with Crippen molar-refractivity contribution in [3.63, 3.8) is 0 Å². The van der Waals surface area contributed by atoms with E-state index in [0.29, 0.717) is 30.2 Å². The molecule has 3 rings (SSSR count). The summed E-state index contributed by atoms with van der Waals surface area (Å²) in [6.45, 7) is 7.80. The molecule has 0 unspecified atom stereocenters. The molecule has 24 heavy (non-hydrogen) atoms. The van der Waals surface area contributed by atoms with Gasteiger partial charge in [0.1, 0.15) is 17.8 Å². The Kier molecular flexibility index (Phi) is 4.38. The highest BCUT2D eigenvalue weighted by atomic mass is 16.5. The summed E-state index contributed by atoms with van der Waals surface area (Å²) < 4.78 is 11.0. The minimum absolute atomic E-state index is 0.179. The van der Waals surface area contributed by atoms with Gasteiger partial charge in [0.2, 0.25) is 0 Å². The van der Waals surface area contributed by atoms with Gasteiger partial charge in [0.05, 0.1) is 11.3 Å². The Bertz CT molecular complexity index is 965. The Morgan fingerprint density at radius 2 is 2.04 bits per heavy atom. The molecular formula is C20H18O4. The summed E-state index contributed by atoms with van der Waals surface area (Å²) in [5.41, 5.74) is 2.14. The lowest BCUT2D eigenvalue weighted by molar-refractivity contribution is 0.191. The van der Waals surface area contributed by atoms with Crippen molar-refractivity contribution < 1.29 is 14.3 Å². The maximum absolute atomic E-state index is 12.2. The first-order valence-electron chi connectivity index (χ1n) is 7.66. The summed E-state index contributed by atoms with van der Waals surface area (Å²) in [4.78, 5) is 12.2. The Morgan fingerprint density at radius 1 is 1.29 bits per heavy atom. The monoisotopic (exact) mass is 322 g/mol. The van der Waals surface area contributed by atoms with Crippen molar-refractivity contribution in [2.45, 2.75) is 19.4 Å². The lowest BCUT2D eigenvalue weighted by Crippen LogP contribution is -2.35. The molecule has 0 spiro atoms. The first-order valence-corrected chi connectivity index (χ1v) is 7.66. The maximum Gasteiger partial charge on any atom is 0.343 e. The molecule has 1 N–H and O–H groups in total. The van der Waals surface area contributed by atoms with Crippen LogP contribution in [0.5, 0.6) is 0 Å². The van der Waals surface area contributed by atoms with E-state index in [0.717, 1.165) is 16.9 Å². The standard InChI is InChI=1S/C20H18O4/c1-13(21)10-19-14(2)17-9-8-16(11-18(17)20(22)24-19)23-12-15-6-4-3-5-7-15/h3-7,10-11,21H,1-2,8-9,12H2/b19-10+. The summed E-state index contributed by atoms with van der Waals surface area (Å²) in [6.07, 6.45) is 4.35. The van der Waals surface area contributed by atoms with Crippen molar-refractivity contribution in [2.75, 3.05) is 0 Å². The van der Waals surface area contributed by atoms with E-state index in [2.05, 4.69) is 13.2 Å². The third-order valence-electron chi connectivity index (χ3n) is 3.90. The molecule has 1 aromatic heterocycles. The van der Waals surface area contributed by atoms with Crippen LogP contribution in [-0.2, 0) is 17.8 Å². The van der Waals surface area contributed by atoms with Crippen LogP contribution in [0, 0.1) is 0 Å². The third kappa shape index (κ3) is 3.33. The van der Waals surface area contributed by atoms with Gasteiger partial charge in [-0.1, -0.05) is 43.5 Å². The first-order chi connectivity index (χ1) is 11.5. The predicted molar refractivity (Wildman–Crippen MR) is 93.5 cm³/mol. The van der Waals surface area contributed by atoms with Gasteiger partial charge in [-0.3, -0.25) is 0 Å². The highest BCUT2D eigenvalue weighted by Crippen LogP contribution is 2.20. The Morgan fingerprint density at radius 3 is 2.75 bits per heavy atom. The zero-order valence-electron chi connectivity index (χ0n) is 13.2. The van der Waals surface area contributed by atoms with Gasteiger partial charge in [0.15, 0.2) is 0 Å². The summed E-state index contributed by atoms with van der Waals surface area (Å²) in [5.74, 6) is 0.572. The van der Waals surface area contributed by atoms with Crippen molar-refractivity contribution >= 4 is 18.7 Å². The molecule has 0 atom stereocenters. The van der Waals surface area contributed by atoms with E-state index in [1.807, 2.05) is 30.3 Å². The molecule has 4 nitrogen and oxygen atoms in total. The zero-order valence-corrected chi connectivity index (χ0v) is 13.2. The second-order valence-electron chi connectivity index (χ2n) is 5.65. The quantitative estimate of drug-likeness (QED) is 0.878. The molecule has 0 saturated heterocycles. The summed E-state index contributed by atoms with van der Waals surface area (Å²) >= 11 is 0. The van der Waals surface area contributed by atoms with E-state index in [9.17, 15) is 9.90 Å². The van der Waals surface area contributed by atoms with E-state index in [1.165, 1.54) is 6.08 Å². The fourth-order valence-corrected chi connectivity index (χ4v) is 2.70. The molecule has 2 aromatic rings. The van der Waals surface area contributed by atoms with Gasteiger partial charge in [0.25, 0.3) is 0 Å². The molecule has 122 valence electrons. The predicted octanol–water partition coefficient (Wildman–Crippen LogP) is 2.41. The fourth-order valence-electron chi connectivity index (χ4n) is 2.70. The second-order valence-corrected chi connectivity index (χ2v) is 5.65. The summed E-state index contributed by atoms with van der Waals surface area (Å²) in [5, 5.41) is 9.87. The van der Waals surface area contributed by atoms with Gasteiger partial charge < -0.3 is 14.3 Å². The molecule has 1 heterocycles. The topological polar surface area (TPSA) is 59.7 Å². The normalized spacial score (nSPS) is 14.0. The van der Waals surface area contributed by atoms with Gasteiger partial charge in [-0.15, -0.1) is 0 Å². The smallest absolute Gasteiger partial charge is 0.343 e. The second kappa shape index (κ2) is 6.62. The van der Waals surface area contributed by atoms with Gasteiger partial charge in [0, 0.05) is 17.7 Å². The molecule has 0 amide bonds. The Balaban J connectivity index is 1.92. The fraction of sp³-hybridized carbons (Fsp3) is 0.150. The molecule has 0 saturated carbocycles. The first kappa shape index (κ1) is 15.9. The number of allylic oxidation sites excluding steroid dienone is 2. The van der Waals surface area contributed by atoms with E-state index in [-0.39, 0.29) is 11.2 Å². The minimum Gasteiger partial charge on any atom is -0.508 e. The van der Waals surface area contributed by atoms with Crippen LogP contribution in [0.25, 0.3) is 18.7 Å². The van der Waals surface area contributed by atoms with Crippen LogP contribution in [0.4, 0.5) is 0 Å². The largest absolute Gasteiger partial charge is 0.508 e. The lowest BCUT2D eigenvalue weighted by atomic mass is 9.96. The maximum atomic E-state index is 12.2. The zero-order chi connectivity index (χ0) is 17.1. The van der Waals surface area contributed by atoms with E-state index in [4.69, 9.17) is 9.15 Å². The third-order valence-corrected chi connectivity index (χ3v) is 3.90. The Hall–Kier alpha value is -3.01. The van der Waals surface area contributed by atoms with E-state index in [1.54, 1.807) is 6.08 Å². The van der Waals surface area contributed by atoms with Gasteiger partial charge in [-0.05, 0) is 23.6 Å². The molecule has 1 aliphatic carbocycles. The highest BCUT2D eigenvalue weighted by Gasteiger charge is 2.17. The number of hydrogen-bond acceptors (Lipinski definition) is 4. The van der Waals surface area contributed by atoms with E-state index < -0.39 is 5.63 Å². The molecule has 1 aliphatic rings. The number of aliphatic hydroxyl groups excluding tert-OH is 1. The number of hydrogen-bond donors (Lipinski definition) is 1. The number of aliphatic hydroxyl groups is 1.